The number of nitrogens with zero attached hydrogens (tertiary/aromatic N) is 2. The summed E-state index contributed by atoms with van der Waals surface area (Å²) in [5, 5.41) is 5.66. The highest BCUT2D eigenvalue weighted by molar-refractivity contribution is 6.36. The van der Waals surface area contributed by atoms with Crippen LogP contribution in [0.5, 0.6) is 5.75 Å². The molecule has 0 spiro atoms. The van der Waals surface area contributed by atoms with Crippen LogP contribution >= 0.6 is 34.8 Å². The van der Waals surface area contributed by atoms with Crippen LogP contribution in [0.4, 0.5) is 0 Å². The number of rotatable bonds is 5. The lowest BCUT2D eigenvalue weighted by Gasteiger charge is -2.06. The molecule has 0 saturated heterocycles. The maximum atomic E-state index is 6.21. The average molecular weight is 432 g/mol. The van der Waals surface area contributed by atoms with Crippen molar-refractivity contribution in [2.75, 3.05) is 0 Å². The van der Waals surface area contributed by atoms with E-state index < -0.39 is 0 Å². The van der Waals surface area contributed by atoms with Crippen LogP contribution in [0.15, 0.2) is 71.3 Å². The third-order valence-corrected chi connectivity index (χ3v) is 4.78. The zero-order chi connectivity index (χ0) is 19.5. The Labute approximate surface area is 176 Å². The van der Waals surface area contributed by atoms with E-state index in [0.717, 1.165) is 16.9 Å². The van der Waals surface area contributed by atoms with E-state index in [1.807, 2.05) is 36.4 Å². The van der Waals surface area contributed by atoms with Gasteiger partial charge in [-0.2, -0.15) is 4.98 Å². The maximum absolute atomic E-state index is 6.21. The van der Waals surface area contributed by atoms with Crippen LogP contribution in [0.25, 0.3) is 22.8 Å². The van der Waals surface area contributed by atoms with Gasteiger partial charge in [-0.05, 0) is 54.1 Å². The van der Waals surface area contributed by atoms with Gasteiger partial charge in [0.25, 0.3) is 5.89 Å². The molecule has 7 heteroatoms. The van der Waals surface area contributed by atoms with Crippen LogP contribution in [0.3, 0.4) is 0 Å². The SMILES string of the molecule is Clc1cccc(OCc2ccc(-c3nc(-c4ccc(Cl)cc4Cl)no3)cc2)c1. The molecule has 3 aromatic carbocycles. The van der Waals surface area contributed by atoms with E-state index in [2.05, 4.69) is 10.1 Å². The van der Waals surface area contributed by atoms with Crippen molar-refractivity contribution >= 4 is 34.8 Å². The molecule has 1 aromatic heterocycles. The second-order valence-corrected chi connectivity index (χ2v) is 7.27. The van der Waals surface area contributed by atoms with Crippen LogP contribution < -0.4 is 4.74 Å². The summed E-state index contributed by atoms with van der Waals surface area (Å²) in [5.74, 6) is 1.53. The van der Waals surface area contributed by atoms with E-state index >= 15 is 0 Å². The first kappa shape index (κ1) is 18.8. The lowest BCUT2D eigenvalue weighted by molar-refractivity contribution is 0.306. The molecule has 4 nitrogen and oxygen atoms in total. The van der Waals surface area contributed by atoms with Crippen molar-refractivity contribution in [2.24, 2.45) is 0 Å². The average Bonchev–Trinajstić information content (AvgIpc) is 3.17. The van der Waals surface area contributed by atoms with Crippen LogP contribution in [0.1, 0.15) is 5.56 Å². The van der Waals surface area contributed by atoms with Crippen molar-refractivity contribution in [1.82, 2.24) is 10.1 Å². The Bertz CT molecular complexity index is 1110. The molecule has 0 aliphatic rings. The molecule has 0 unspecified atom stereocenters. The molecule has 4 rings (SSSR count). The molecule has 0 atom stereocenters. The molecule has 140 valence electrons. The summed E-state index contributed by atoms with van der Waals surface area (Å²) in [4.78, 5) is 4.42. The predicted octanol–water partition coefficient (Wildman–Crippen LogP) is 6.94. The third-order valence-electron chi connectivity index (χ3n) is 4.00. The highest BCUT2D eigenvalue weighted by Crippen LogP contribution is 2.30. The molecule has 28 heavy (non-hydrogen) atoms. The Morgan fingerprint density at radius 2 is 1.64 bits per heavy atom. The van der Waals surface area contributed by atoms with Crippen LogP contribution in [-0.4, -0.2) is 10.1 Å². The fraction of sp³-hybridized carbons (Fsp3) is 0.0476. The second-order valence-electron chi connectivity index (χ2n) is 5.99. The minimum Gasteiger partial charge on any atom is -0.489 e. The van der Waals surface area contributed by atoms with Gasteiger partial charge in [0, 0.05) is 21.2 Å². The van der Waals surface area contributed by atoms with Crippen molar-refractivity contribution < 1.29 is 9.26 Å². The maximum Gasteiger partial charge on any atom is 0.258 e. The van der Waals surface area contributed by atoms with Gasteiger partial charge in [0.05, 0.1) is 5.02 Å². The summed E-state index contributed by atoms with van der Waals surface area (Å²) in [7, 11) is 0. The highest BCUT2D eigenvalue weighted by Gasteiger charge is 2.13. The summed E-state index contributed by atoms with van der Waals surface area (Å²) >= 11 is 18.1. The van der Waals surface area contributed by atoms with Gasteiger partial charge in [0.2, 0.25) is 5.82 Å². The topological polar surface area (TPSA) is 48.2 Å². The summed E-state index contributed by atoms with van der Waals surface area (Å²) in [6.45, 7) is 0.427. The van der Waals surface area contributed by atoms with Crippen molar-refractivity contribution in [3.63, 3.8) is 0 Å². The first-order valence-electron chi connectivity index (χ1n) is 8.35. The van der Waals surface area contributed by atoms with Crippen LogP contribution in [-0.2, 0) is 6.61 Å². The molecule has 4 aromatic rings. The van der Waals surface area contributed by atoms with E-state index in [1.54, 1.807) is 30.3 Å². The largest absolute Gasteiger partial charge is 0.489 e. The van der Waals surface area contributed by atoms with E-state index in [9.17, 15) is 0 Å². The van der Waals surface area contributed by atoms with Crippen molar-refractivity contribution in [3.8, 4) is 28.6 Å². The summed E-state index contributed by atoms with van der Waals surface area (Å²) in [6.07, 6.45) is 0. The molecule has 0 N–H and O–H groups in total. The Kier molecular flexibility index (Phi) is 5.53. The molecule has 1 heterocycles. The van der Waals surface area contributed by atoms with Gasteiger partial charge in [0.15, 0.2) is 0 Å². The summed E-state index contributed by atoms with van der Waals surface area (Å²) < 4.78 is 11.1. The number of hydrogen-bond acceptors (Lipinski definition) is 4. The minimum absolute atomic E-state index is 0.406. The van der Waals surface area contributed by atoms with Crippen molar-refractivity contribution in [3.05, 3.63) is 87.4 Å². The smallest absolute Gasteiger partial charge is 0.258 e. The molecule has 0 bridgehead atoms. The van der Waals surface area contributed by atoms with Crippen LogP contribution in [0, 0.1) is 0 Å². The minimum atomic E-state index is 0.406. The second kappa shape index (κ2) is 8.23. The van der Waals surface area contributed by atoms with Gasteiger partial charge in [-0.15, -0.1) is 0 Å². The fourth-order valence-corrected chi connectivity index (χ4v) is 3.26. The normalized spacial score (nSPS) is 10.8. The number of hydrogen-bond donors (Lipinski definition) is 0. The molecule has 0 radical (unpaired) electrons. The highest BCUT2D eigenvalue weighted by atomic mass is 35.5. The third kappa shape index (κ3) is 4.30. The zero-order valence-electron chi connectivity index (χ0n) is 14.4. The molecular formula is C21H13Cl3N2O2. The monoisotopic (exact) mass is 430 g/mol. The molecular weight excluding hydrogens is 419 g/mol. The first-order chi connectivity index (χ1) is 13.6. The van der Waals surface area contributed by atoms with Gasteiger partial charge in [0.1, 0.15) is 12.4 Å². The zero-order valence-corrected chi connectivity index (χ0v) is 16.7. The molecule has 0 aliphatic carbocycles. The number of halogens is 3. The van der Waals surface area contributed by atoms with E-state index in [-0.39, 0.29) is 0 Å². The Morgan fingerprint density at radius 1 is 0.857 bits per heavy atom. The quantitative estimate of drug-likeness (QED) is 0.343. The van der Waals surface area contributed by atoms with Gasteiger partial charge in [-0.1, -0.05) is 58.2 Å². The van der Waals surface area contributed by atoms with Gasteiger partial charge in [-0.25, -0.2) is 0 Å². The Hall–Kier alpha value is -2.53. The molecule has 0 saturated carbocycles. The lowest BCUT2D eigenvalue weighted by Crippen LogP contribution is -1.95. The van der Waals surface area contributed by atoms with Crippen molar-refractivity contribution in [2.45, 2.75) is 6.61 Å². The van der Waals surface area contributed by atoms with Gasteiger partial charge in [-0.3, -0.25) is 0 Å². The number of benzene rings is 3. The van der Waals surface area contributed by atoms with Gasteiger partial charge >= 0.3 is 0 Å². The fourth-order valence-electron chi connectivity index (χ4n) is 2.59. The first-order valence-corrected chi connectivity index (χ1v) is 9.49. The number of aromatic nitrogens is 2. The Balaban J connectivity index is 1.47. The van der Waals surface area contributed by atoms with E-state index in [1.165, 1.54) is 0 Å². The van der Waals surface area contributed by atoms with Gasteiger partial charge < -0.3 is 9.26 Å². The number of ether oxygens (including phenoxy) is 1. The van der Waals surface area contributed by atoms with Crippen molar-refractivity contribution in [1.29, 1.82) is 0 Å². The lowest BCUT2D eigenvalue weighted by atomic mass is 10.1. The summed E-state index contributed by atoms with van der Waals surface area (Å²) in [5.41, 5.74) is 2.46. The standard InChI is InChI=1S/C21H13Cl3N2O2/c22-15-2-1-3-17(10-15)27-12-13-4-6-14(7-5-13)21-25-20(26-28-21)18-9-8-16(23)11-19(18)24/h1-11H,12H2. The predicted molar refractivity (Wildman–Crippen MR) is 111 cm³/mol. The molecule has 0 fully saturated rings. The molecule has 0 amide bonds. The summed E-state index contributed by atoms with van der Waals surface area (Å²) in [6, 6.07) is 20.1. The Morgan fingerprint density at radius 3 is 2.39 bits per heavy atom. The van der Waals surface area contributed by atoms with E-state index in [4.69, 9.17) is 44.1 Å². The van der Waals surface area contributed by atoms with Crippen LogP contribution in [0.2, 0.25) is 15.1 Å². The van der Waals surface area contributed by atoms with E-state index in [0.29, 0.717) is 39.0 Å². The molecule has 0 aliphatic heterocycles.